The van der Waals surface area contributed by atoms with Crippen LogP contribution in [0.25, 0.3) is 0 Å². The number of alkyl halides is 2. The van der Waals surface area contributed by atoms with Crippen LogP contribution in [-0.4, -0.2) is 25.9 Å². The molecule has 2 aliphatic carbocycles. The van der Waals surface area contributed by atoms with Gasteiger partial charge in [0.15, 0.2) is 6.29 Å². The van der Waals surface area contributed by atoms with E-state index in [0.717, 1.165) is 44.8 Å². The average Bonchev–Trinajstić information content (AvgIpc) is 2.56. The molecule has 0 N–H and O–H groups in total. The Balaban J connectivity index is 1.40. The fourth-order valence-corrected chi connectivity index (χ4v) is 4.64. The number of rotatable bonds is 3. The van der Waals surface area contributed by atoms with Crippen molar-refractivity contribution in [2.45, 2.75) is 71.0 Å². The topological polar surface area (TPSA) is 18.5 Å². The van der Waals surface area contributed by atoms with E-state index in [2.05, 4.69) is 6.92 Å². The van der Waals surface area contributed by atoms with Gasteiger partial charge in [0.2, 0.25) is 6.43 Å². The molecule has 3 rings (SSSR count). The van der Waals surface area contributed by atoms with Crippen LogP contribution in [0.4, 0.5) is 8.78 Å². The molecule has 0 aromatic rings. The summed E-state index contributed by atoms with van der Waals surface area (Å²) >= 11 is 0. The van der Waals surface area contributed by atoms with Crippen LogP contribution in [0.3, 0.4) is 0 Å². The minimum atomic E-state index is -2.11. The average molecular weight is 316 g/mol. The number of halogens is 2. The summed E-state index contributed by atoms with van der Waals surface area (Å²) in [6.07, 6.45) is 6.20. The molecule has 0 aromatic carbocycles. The van der Waals surface area contributed by atoms with Crippen molar-refractivity contribution in [1.82, 2.24) is 0 Å². The summed E-state index contributed by atoms with van der Waals surface area (Å²) in [5.41, 5.74) is 0. The highest BCUT2D eigenvalue weighted by Crippen LogP contribution is 2.43. The molecule has 0 radical (unpaired) electrons. The van der Waals surface area contributed by atoms with Crippen molar-refractivity contribution >= 4 is 0 Å². The monoisotopic (exact) mass is 316 g/mol. The van der Waals surface area contributed by atoms with Gasteiger partial charge in [-0.3, -0.25) is 0 Å². The summed E-state index contributed by atoms with van der Waals surface area (Å²) in [5, 5.41) is 0. The highest BCUT2D eigenvalue weighted by molar-refractivity contribution is 4.83. The summed E-state index contributed by atoms with van der Waals surface area (Å²) < 4.78 is 37.2. The van der Waals surface area contributed by atoms with E-state index < -0.39 is 6.43 Å². The van der Waals surface area contributed by atoms with E-state index in [1.54, 1.807) is 0 Å². The van der Waals surface area contributed by atoms with Crippen LogP contribution in [0.1, 0.15) is 58.3 Å². The van der Waals surface area contributed by atoms with Crippen LogP contribution < -0.4 is 0 Å². The molecule has 2 saturated carbocycles. The van der Waals surface area contributed by atoms with Gasteiger partial charge in [-0.2, -0.15) is 0 Å². The van der Waals surface area contributed by atoms with E-state index in [-0.39, 0.29) is 12.2 Å². The van der Waals surface area contributed by atoms with Crippen molar-refractivity contribution in [3.63, 3.8) is 0 Å². The summed E-state index contributed by atoms with van der Waals surface area (Å²) in [6.45, 7) is 3.80. The van der Waals surface area contributed by atoms with Crippen molar-refractivity contribution in [2.75, 3.05) is 13.2 Å². The van der Waals surface area contributed by atoms with Gasteiger partial charge in [-0.15, -0.1) is 0 Å². The van der Waals surface area contributed by atoms with Gasteiger partial charge in [0, 0.05) is 17.8 Å². The van der Waals surface area contributed by atoms with Gasteiger partial charge in [-0.1, -0.05) is 6.92 Å². The van der Waals surface area contributed by atoms with Gasteiger partial charge >= 0.3 is 0 Å². The number of hydrogen-bond acceptors (Lipinski definition) is 2. The molecule has 22 heavy (non-hydrogen) atoms. The SMILES string of the molecule is CC1COC(C2CCC(C3CCC(C(F)F)CC3)CC2)OC1. The first-order valence-corrected chi connectivity index (χ1v) is 9.15. The molecular formula is C18H30F2O2. The van der Waals surface area contributed by atoms with Gasteiger partial charge in [0.1, 0.15) is 0 Å². The zero-order valence-electron chi connectivity index (χ0n) is 13.7. The summed E-state index contributed by atoms with van der Waals surface area (Å²) in [6, 6.07) is 0. The van der Waals surface area contributed by atoms with Crippen LogP contribution >= 0.6 is 0 Å². The molecule has 0 spiro atoms. The molecular weight excluding hydrogens is 286 g/mol. The molecule has 128 valence electrons. The zero-order valence-corrected chi connectivity index (χ0v) is 13.7. The first kappa shape index (κ1) is 16.6. The maximum Gasteiger partial charge on any atom is 0.241 e. The molecule has 4 heteroatoms. The van der Waals surface area contributed by atoms with Crippen LogP contribution in [0, 0.1) is 29.6 Å². The normalized spacial score (nSPS) is 44.2. The lowest BCUT2D eigenvalue weighted by Crippen LogP contribution is -2.38. The Labute approximate surface area is 132 Å². The van der Waals surface area contributed by atoms with Crippen LogP contribution in [0.5, 0.6) is 0 Å². The van der Waals surface area contributed by atoms with Crippen LogP contribution in [0.15, 0.2) is 0 Å². The van der Waals surface area contributed by atoms with Gasteiger partial charge in [0.05, 0.1) is 13.2 Å². The molecule has 0 bridgehead atoms. The van der Waals surface area contributed by atoms with E-state index in [1.165, 1.54) is 25.7 Å². The highest BCUT2D eigenvalue weighted by atomic mass is 19.3. The Morgan fingerprint density at radius 1 is 0.727 bits per heavy atom. The third kappa shape index (κ3) is 4.00. The smallest absolute Gasteiger partial charge is 0.241 e. The minimum absolute atomic E-state index is 0.00622. The fourth-order valence-electron chi connectivity index (χ4n) is 4.64. The Bertz CT molecular complexity index is 326. The Hall–Kier alpha value is -0.220. The van der Waals surface area contributed by atoms with Gasteiger partial charge in [-0.25, -0.2) is 8.78 Å². The van der Waals surface area contributed by atoms with E-state index in [0.29, 0.717) is 17.8 Å². The summed E-state index contributed by atoms with van der Waals surface area (Å²) in [4.78, 5) is 0. The summed E-state index contributed by atoms with van der Waals surface area (Å²) in [7, 11) is 0. The number of hydrogen-bond donors (Lipinski definition) is 0. The fraction of sp³-hybridized carbons (Fsp3) is 1.00. The Morgan fingerprint density at radius 3 is 1.68 bits per heavy atom. The van der Waals surface area contributed by atoms with E-state index in [4.69, 9.17) is 9.47 Å². The van der Waals surface area contributed by atoms with Gasteiger partial charge < -0.3 is 9.47 Å². The van der Waals surface area contributed by atoms with Crippen molar-refractivity contribution < 1.29 is 18.3 Å². The molecule has 2 nitrogen and oxygen atoms in total. The molecule has 0 aromatic heterocycles. The molecule has 0 unspecified atom stereocenters. The predicted molar refractivity (Wildman–Crippen MR) is 81.8 cm³/mol. The first-order chi connectivity index (χ1) is 10.6. The van der Waals surface area contributed by atoms with Crippen LogP contribution in [-0.2, 0) is 9.47 Å². The molecule has 3 aliphatic rings. The predicted octanol–water partition coefficient (Wildman–Crippen LogP) is 4.87. The quantitative estimate of drug-likeness (QED) is 0.739. The standard InChI is InChI=1S/C18H30F2O2/c1-12-10-21-18(22-11-12)16-8-4-14(5-9-16)13-2-6-15(7-3-13)17(19)20/h12-18H,2-11H2,1H3. The van der Waals surface area contributed by atoms with E-state index >= 15 is 0 Å². The summed E-state index contributed by atoms with van der Waals surface area (Å²) in [5.74, 6) is 2.15. The number of ether oxygens (including phenoxy) is 2. The zero-order chi connectivity index (χ0) is 15.5. The Kier molecular flexibility index (Phi) is 5.72. The van der Waals surface area contributed by atoms with Gasteiger partial charge in [0.25, 0.3) is 0 Å². The first-order valence-electron chi connectivity index (χ1n) is 9.15. The van der Waals surface area contributed by atoms with Gasteiger partial charge in [-0.05, 0) is 63.2 Å². The second-order valence-corrected chi connectivity index (χ2v) is 7.82. The van der Waals surface area contributed by atoms with E-state index in [1.807, 2.05) is 0 Å². The second-order valence-electron chi connectivity index (χ2n) is 7.82. The molecule has 3 fully saturated rings. The van der Waals surface area contributed by atoms with Crippen LogP contribution in [0.2, 0.25) is 0 Å². The third-order valence-corrected chi connectivity index (χ3v) is 6.13. The van der Waals surface area contributed by atoms with Crippen molar-refractivity contribution in [3.8, 4) is 0 Å². The van der Waals surface area contributed by atoms with Crippen molar-refractivity contribution in [2.24, 2.45) is 29.6 Å². The molecule has 0 atom stereocenters. The maximum absolute atomic E-state index is 12.7. The lowest BCUT2D eigenvalue weighted by Gasteiger charge is -2.40. The van der Waals surface area contributed by atoms with Crippen molar-refractivity contribution in [3.05, 3.63) is 0 Å². The maximum atomic E-state index is 12.7. The molecule has 1 heterocycles. The third-order valence-electron chi connectivity index (χ3n) is 6.13. The molecule has 1 saturated heterocycles. The lowest BCUT2D eigenvalue weighted by atomic mass is 9.69. The van der Waals surface area contributed by atoms with E-state index in [9.17, 15) is 8.78 Å². The molecule has 1 aliphatic heterocycles. The minimum Gasteiger partial charge on any atom is -0.352 e. The second kappa shape index (κ2) is 7.57. The lowest BCUT2D eigenvalue weighted by molar-refractivity contribution is -0.227. The largest absolute Gasteiger partial charge is 0.352 e. The highest BCUT2D eigenvalue weighted by Gasteiger charge is 2.36. The van der Waals surface area contributed by atoms with Crippen molar-refractivity contribution in [1.29, 1.82) is 0 Å². The molecule has 0 amide bonds. The Morgan fingerprint density at radius 2 is 1.18 bits per heavy atom.